The van der Waals surface area contributed by atoms with Crippen LogP contribution in [0.25, 0.3) is 0 Å². The summed E-state index contributed by atoms with van der Waals surface area (Å²) in [6.07, 6.45) is 8.72. The van der Waals surface area contributed by atoms with Crippen LogP contribution in [0.4, 0.5) is 0 Å². The monoisotopic (exact) mass is 282 g/mol. The molecule has 0 bridgehead atoms. The van der Waals surface area contributed by atoms with Gasteiger partial charge in [0, 0.05) is 19.1 Å². The van der Waals surface area contributed by atoms with Crippen LogP contribution in [0.15, 0.2) is 0 Å². The highest BCUT2D eigenvalue weighted by molar-refractivity contribution is 5.80. The zero-order chi connectivity index (χ0) is 14.6. The van der Waals surface area contributed by atoms with Gasteiger partial charge in [-0.15, -0.1) is 0 Å². The summed E-state index contributed by atoms with van der Waals surface area (Å²) in [7, 11) is 3.66. The van der Waals surface area contributed by atoms with Crippen LogP contribution in [0.5, 0.6) is 0 Å². The van der Waals surface area contributed by atoms with Crippen molar-refractivity contribution in [1.82, 2.24) is 10.2 Å². The number of nitrogens with zero attached hydrogens (tertiary/aromatic N) is 1. The lowest BCUT2D eigenvalue weighted by Gasteiger charge is -2.31. The number of methoxy groups -OCH3 is 1. The van der Waals surface area contributed by atoms with Gasteiger partial charge < -0.3 is 9.64 Å². The molecule has 0 aliphatic heterocycles. The molecule has 20 heavy (non-hydrogen) atoms. The largest absolute Gasteiger partial charge is 0.468 e. The lowest BCUT2D eigenvalue weighted by atomic mass is 9.97. The van der Waals surface area contributed by atoms with Crippen molar-refractivity contribution in [3.05, 3.63) is 0 Å². The van der Waals surface area contributed by atoms with Crippen molar-refractivity contribution in [2.45, 2.75) is 63.5 Å². The van der Waals surface area contributed by atoms with Crippen LogP contribution in [-0.2, 0) is 9.53 Å². The van der Waals surface area contributed by atoms with Crippen molar-refractivity contribution in [2.24, 2.45) is 5.92 Å². The van der Waals surface area contributed by atoms with E-state index in [0.29, 0.717) is 6.04 Å². The topological polar surface area (TPSA) is 41.6 Å². The van der Waals surface area contributed by atoms with Crippen molar-refractivity contribution in [1.29, 1.82) is 0 Å². The Kier molecular flexibility index (Phi) is 5.44. The molecule has 4 heteroatoms. The molecule has 1 N–H and O–H groups in total. The fraction of sp³-hybridized carbons (Fsp3) is 0.938. The highest BCUT2D eigenvalue weighted by atomic mass is 16.5. The average Bonchev–Trinajstić information content (AvgIpc) is 3.09. The third-order valence-corrected chi connectivity index (χ3v) is 4.77. The lowest BCUT2D eigenvalue weighted by molar-refractivity contribution is -0.148. The molecule has 2 rings (SSSR count). The molecule has 0 radical (unpaired) electrons. The second-order valence-electron chi connectivity index (χ2n) is 6.91. The van der Waals surface area contributed by atoms with E-state index in [2.05, 4.69) is 17.3 Å². The van der Waals surface area contributed by atoms with E-state index in [-0.39, 0.29) is 5.97 Å². The summed E-state index contributed by atoms with van der Waals surface area (Å²) in [4.78, 5) is 14.4. The molecule has 0 heterocycles. The van der Waals surface area contributed by atoms with Gasteiger partial charge in [-0.1, -0.05) is 12.8 Å². The van der Waals surface area contributed by atoms with E-state index in [4.69, 9.17) is 4.74 Å². The summed E-state index contributed by atoms with van der Waals surface area (Å²) in [6, 6.07) is 0.513. The SMILES string of the molecule is COC(=O)C(C)(CCN(C)CC1CCCC1)NC1CC1. The molecule has 2 fully saturated rings. The zero-order valence-corrected chi connectivity index (χ0v) is 13.3. The van der Waals surface area contributed by atoms with Crippen LogP contribution in [0.1, 0.15) is 51.9 Å². The Labute approximate surface area is 123 Å². The van der Waals surface area contributed by atoms with E-state index < -0.39 is 5.54 Å². The Bertz CT molecular complexity index is 324. The first-order valence-electron chi connectivity index (χ1n) is 8.08. The van der Waals surface area contributed by atoms with Gasteiger partial charge in [0.2, 0.25) is 0 Å². The predicted octanol–water partition coefficient (Wildman–Crippen LogP) is 2.18. The summed E-state index contributed by atoms with van der Waals surface area (Å²) >= 11 is 0. The molecule has 2 saturated carbocycles. The van der Waals surface area contributed by atoms with E-state index in [9.17, 15) is 4.79 Å². The minimum atomic E-state index is -0.528. The summed E-state index contributed by atoms with van der Waals surface area (Å²) in [5.74, 6) is 0.736. The van der Waals surface area contributed by atoms with Crippen LogP contribution in [0.3, 0.4) is 0 Å². The number of rotatable bonds is 8. The normalized spacial score (nSPS) is 23.0. The van der Waals surface area contributed by atoms with Gasteiger partial charge in [0.1, 0.15) is 5.54 Å². The fourth-order valence-electron chi connectivity index (χ4n) is 3.28. The smallest absolute Gasteiger partial charge is 0.325 e. The molecule has 4 nitrogen and oxygen atoms in total. The van der Waals surface area contributed by atoms with Crippen molar-refractivity contribution < 1.29 is 9.53 Å². The molecular formula is C16H30N2O2. The number of carbonyl (C=O) groups excluding carboxylic acids is 1. The highest BCUT2D eigenvalue weighted by Crippen LogP contribution is 2.27. The highest BCUT2D eigenvalue weighted by Gasteiger charge is 2.39. The van der Waals surface area contributed by atoms with Crippen LogP contribution in [0, 0.1) is 5.92 Å². The molecule has 0 aromatic heterocycles. The second-order valence-corrected chi connectivity index (χ2v) is 6.91. The van der Waals surface area contributed by atoms with E-state index in [1.165, 1.54) is 52.2 Å². The summed E-state index contributed by atoms with van der Waals surface area (Å²) in [6.45, 7) is 4.10. The van der Waals surface area contributed by atoms with Gasteiger partial charge in [-0.3, -0.25) is 10.1 Å². The second kappa shape index (κ2) is 6.90. The maximum atomic E-state index is 12.1. The Balaban J connectivity index is 1.79. The number of esters is 1. The number of nitrogens with one attached hydrogen (secondary N) is 1. The van der Waals surface area contributed by atoms with Gasteiger partial charge in [0.25, 0.3) is 0 Å². The summed E-state index contributed by atoms with van der Waals surface area (Å²) in [5, 5.41) is 3.47. The Morgan fingerprint density at radius 3 is 2.50 bits per heavy atom. The summed E-state index contributed by atoms with van der Waals surface area (Å²) < 4.78 is 4.99. The lowest BCUT2D eigenvalue weighted by Crippen LogP contribution is -2.52. The molecule has 2 aliphatic rings. The van der Waals surface area contributed by atoms with E-state index >= 15 is 0 Å². The number of carbonyl (C=O) groups is 1. The maximum absolute atomic E-state index is 12.1. The molecule has 0 amide bonds. The van der Waals surface area contributed by atoms with Gasteiger partial charge >= 0.3 is 5.97 Å². The predicted molar refractivity (Wildman–Crippen MR) is 80.7 cm³/mol. The van der Waals surface area contributed by atoms with Crippen molar-refractivity contribution in [3.8, 4) is 0 Å². The van der Waals surface area contributed by atoms with Crippen LogP contribution in [-0.4, -0.2) is 49.7 Å². The number of ether oxygens (including phenoxy) is 1. The third-order valence-electron chi connectivity index (χ3n) is 4.77. The van der Waals surface area contributed by atoms with E-state index in [1.54, 1.807) is 0 Å². The Morgan fingerprint density at radius 2 is 1.95 bits per heavy atom. The first kappa shape index (κ1) is 15.8. The van der Waals surface area contributed by atoms with Crippen LogP contribution < -0.4 is 5.32 Å². The van der Waals surface area contributed by atoms with Crippen molar-refractivity contribution in [3.63, 3.8) is 0 Å². The molecule has 0 aromatic rings. The van der Waals surface area contributed by atoms with Gasteiger partial charge in [-0.25, -0.2) is 0 Å². The van der Waals surface area contributed by atoms with Crippen molar-refractivity contribution in [2.75, 3.05) is 27.2 Å². The third kappa shape index (κ3) is 4.45. The first-order valence-corrected chi connectivity index (χ1v) is 8.08. The minimum absolute atomic E-state index is 0.126. The van der Waals surface area contributed by atoms with E-state index in [0.717, 1.165) is 18.9 Å². The van der Waals surface area contributed by atoms with Gasteiger partial charge in [-0.05, 0) is 52.0 Å². The molecule has 0 aromatic carbocycles. The molecule has 0 saturated heterocycles. The molecule has 116 valence electrons. The molecule has 1 atom stereocenters. The number of hydrogen-bond donors (Lipinski definition) is 1. The van der Waals surface area contributed by atoms with Gasteiger partial charge in [0.05, 0.1) is 7.11 Å². The minimum Gasteiger partial charge on any atom is -0.468 e. The van der Waals surface area contributed by atoms with Gasteiger partial charge in [0.15, 0.2) is 0 Å². The molecule has 2 aliphatic carbocycles. The molecule has 1 unspecified atom stereocenters. The fourth-order valence-corrected chi connectivity index (χ4v) is 3.28. The molecular weight excluding hydrogens is 252 g/mol. The Hall–Kier alpha value is -0.610. The van der Waals surface area contributed by atoms with Crippen molar-refractivity contribution >= 4 is 5.97 Å². The zero-order valence-electron chi connectivity index (χ0n) is 13.3. The molecule has 0 spiro atoms. The van der Waals surface area contributed by atoms with Gasteiger partial charge in [-0.2, -0.15) is 0 Å². The maximum Gasteiger partial charge on any atom is 0.325 e. The average molecular weight is 282 g/mol. The Morgan fingerprint density at radius 1 is 1.30 bits per heavy atom. The van der Waals surface area contributed by atoms with Crippen LogP contribution in [0.2, 0.25) is 0 Å². The quantitative estimate of drug-likeness (QED) is 0.693. The summed E-state index contributed by atoms with van der Waals surface area (Å²) in [5.41, 5.74) is -0.528. The van der Waals surface area contributed by atoms with Crippen LogP contribution >= 0.6 is 0 Å². The standard InChI is InChI=1S/C16H30N2O2/c1-16(15(19)20-3,17-14-8-9-14)10-11-18(2)12-13-6-4-5-7-13/h13-14,17H,4-12H2,1-3H3. The first-order chi connectivity index (χ1) is 9.53. The van der Waals surface area contributed by atoms with E-state index in [1.807, 2.05) is 6.92 Å². The number of hydrogen-bond acceptors (Lipinski definition) is 4.